The molecule has 126 valence electrons. The molecule has 9 heteroatoms. The number of hydrazone groups is 1. The predicted molar refractivity (Wildman–Crippen MR) is 93.1 cm³/mol. The van der Waals surface area contributed by atoms with Crippen LogP contribution in [0.25, 0.3) is 5.65 Å². The lowest BCUT2D eigenvalue weighted by molar-refractivity contribution is -0.384. The highest BCUT2D eigenvalue weighted by Crippen LogP contribution is 2.16. The van der Waals surface area contributed by atoms with Crippen molar-refractivity contribution in [1.29, 1.82) is 0 Å². The number of rotatable bonds is 4. The first-order valence-corrected chi connectivity index (χ1v) is 7.55. The molecule has 0 fully saturated rings. The quantitative estimate of drug-likeness (QED) is 0.440. The fourth-order valence-corrected chi connectivity index (χ4v) is 2.47. The van der Waals surface area contributed by atoms with Gasteiger partial charge in [-0.2, -0.15) is 5.10 Å². The number of aromatic nitrogens is 2. The van der Waals surface area contributed by atoms with Crippen molar-refractivity contribution in [1.82, 2.24) is 14.8 Å². The number of nitrogens with zero attached hydrogens (tertiary/aromatic N) is 4. The fraction of sp³-hybridized carbons (Fsp3) is 0.0625. The molecule has 0 saturated heterocycles. The van der Waals surface area contributed by atoms with E-state index < -0.39 is 10.8 Å². The molecule has 0 aliphatic rings. The molecule has 1 amide bonds. The van der Waals surface area contributed by atoms with Gasteiger partial charge in [0.15, 0.2) is 0 Å². The molecule has 25 heavy (non-hydrogen) atoms. The number of pyridine rings is 1. The van der Waals surface area contributed by atoms with Gasteiger partial charge in [0.25, 0.3) is 11.6 Å². The van der Waals surface area contributed by atoms with Crippen LogP contribution in [0.3, 0.4) is 0 Å². The molecule has 2 aromatic heterocycles. The number of carbonyl (C=O) groups is 1. The van der Waals surface area contributed by atoms with Crippen LogP contribution in [0.1, 0.15) is 21.7 Å². The Bertz CT molecular complexity index is 995. The van der Waals surface area contributed by atoms with Crippen LogP contribution in [0.4, 0.5) is 5.69 Å². The molecule has 1 aromatic carbocycles. The third kappa shape index (κ3) is 3.48. The minimum atomic E-state index is -0.485. The smallest absolute Gasteiger partial charge is 0.290 e. The Labute approximate surface area is 146 Å². The number of hydrogen-bond donors (Lipinski definition) is 1. The van der Waals surface area contributed by atoms with Crippen LogP contribution in [0, 0.1) is 17.0 Å². The average Bonchev–Trinajstić information content (AvgIpc) is 2.90. The summed E-state index contributed by atoms with van der Waals surface area (Å²) in [4.78, 5) is 26.8. The van der Waals surface area contributed by atoms with Crippen molar-refractivity contribution in [2.75, 3.05) is 0 Å². The maximum atomic E-state index is 12.4. The van der Waals surface area contributed by atoms with E-state index >= 15 is 0 Å². The molecular formula is C16H12ClN5O3. The van der Waals surface area contributed by atoms with Crippen molar-refractivity contribution in [2.45, 2.75) is 6.92 Å². The van der Waals surface area contributed by atoms with E-state index in [9.17, 15) is 14.9 Å². The van der Waals surface area contributed by atoms with Gasteiger partial charge >= 0.3 is 0 Å². The van der Waals surface area contributed by atoms with Crippen molar-refractivity contribution in [2.24, 2.45) is 5.10 Å². The predicted octanol–water partition coefficient (Wildman–Crippen LogP) is 2.97. The molecule has 0 bridgehead atoms. The van der Waals surface area contributed by atoms with E-state index in [2.05, 4.69) is 15.5 Å². The third-order valence-electron chi connectivity index (χ3n) is 3.46. The van der Waals surface area contributed by atoms with Crippen molar-refractivity contribution in [3.05, 3.63) is 74.7 Å². The van der Waals surface area contributed by atoms with E-state index in [4.69, 9.17) is 11.6 Å². The van der Waals surface area contributed by atoms with E-state index in [1.54, 1.807) is 29.7 Å². The lowest BCUT2D eigenvalue weighted by Crippen LogP contribution is -2.20. The molecular weight excluding hydrogens is 346 g/mol. The summed E-state index contributed by atoms with van der Waals surface area (Å²) in [5.74, 6) is -0.439. The summed E-state index contributed by atoms with van der Waals surface area (Å²) in [5, 5.41) is 15.0. The molecule has 0 saturated carbocycles. The summed E-state index contributed by atoms with van der Waals surface area (Å²) >= 11 is 5.97. The molecule has 2 heterocycles. The average molecular weight is 358 g/mol. The van der Waals surface area contributed by atoms with Crippen LogP contribution in [0.15, 0.2) is 47.7 Å². The van der Waals surface area contributed by atoms with Gasteiger partial charge in [0.2, 0.25) is 0 Å². The van der Waals surface area contributed by atoms with Gasteiger partial charge in [0.1, 0.15) is 11.3 Å². The third-order valence-corrected chi connectivity index (χ3v) is 3.68. The first-order valence-electron chi connectivity index (χ1n) is 7.18. The Morgan fingerprint density at radius 3 is 2.72 bits per heavy atom. The van der Waals surface area contributed by atoms with Gasteiger partial charge in [0.05, 0.1) is 21.9 Å². The van der Waals surface area contributed by atoms with Crippen molar-refractivity contribution >= 4 is 35.1 Å². The number of amides is 1. The molecule has 0 radical (unpaired) electrons. The lowest BCUT2D eigenvalue weighted by atomic mass is 10.2. The van der Waals surface area contributed by atoms with Gasteiger partial charge in [-0.15, -0.1) is 0 Å². The molecule has 3 aromatic rings. The maximum Gasteiger partial charge on any atom is 0.290 e. The zero-order chi connectivity index (χ0) is 18.0. The molecule has 0 spiro atoms. The van der Waals surface area contributed by atoms with Gasteiger partial charge in [-0.3, -0.25) is 19.3 Å². The monoisotopic (exact) mass is 357 g/mol. The van der Waals surface area contributed by atoms with Crippen molar-refractivity contribution in [3.63, 3.8) is 0 Å². The van der Waals surface area contributed by atoms with Crippen LogP contribution in [-0.2, 0) is 0 Å². The zero-order valence-electron chi connectivity index (χ0n) is 13.0. The van der Waals surface area contributed by atoms with E-state index in [1.807, 2.05) is 0 Å². The van der Waals surface area contributed by atoms with Gasteiger partial charge in [0, 0.05) is 18.3 Å². The van der Waals surface area contributed by atoms with Crippen LogP contribution < -0.4 is 5.43 Å². The number of aryl methyl sites for hydroxylation is 1. The number of fused-ring (bicyclic) bond motifs is 1. The second kappa shape index (κ2) is 6.70. The molecule has 1 N–H and O–H groups in total. The maximum absolute atomic E-state index is 12.4. The highest BCUT2D eigenvalue weighted by Gasteiger charge is 2.16. The fourth-order valence-electron chi connectivity index (χ4n) is 2.31. The molecule has 8 nitrogen and oxygen atoms in total. The highest BCUT2D eigenvalue weighted by molar-refractivity contribution is 6.30. The number of non-ortho nitro benzene ring substituents is 1. The summed E-state index contributed by atoms with van der Waals surface area (Å²) in [7, 11) is 0. The van der Waals surface area contributed by atoms with Crippen molar-refractivity contribution in [3.8, 4) is 0 Å². The number of nitro groups is 1. The normalized spacial score (nSPS) is 11.1. The standard InChI is InChI=1S/C16H12ClN5O3/c1-10-15(21-9-12(17)4-7-14(21)19-10)16(23)20-18-8-11-2-5-13(6-3-11)22(24)25/h2-9H,1H3,(H,20,23)/b18-8-. The molecule has 0 aliphatic heterocycles. The summed E-state index contributed by atoms with van der Waals surface area (Å²) in [5.41, 5.74) is 4.50. The Hall–Kier alpha value is -3.26. The number of halogens is 1. The summed E-state index contributed by atoms with van der Waals surface area (Å²) in [6, 6.07) is 9.20. The Balaban J connectivity index is 1.77. The minimum Gasteiger partial charge on any atom is -0.294 e. The Kier molecular flexibility index (Phi) is 4.44. The number of hydrogen-bond acceptors (Lipinski definition) is 5. The molecule has 3 rings (SSSR count). The second-order valence-electron chi connectivity index (χ2n) is 5.17. The van der Waals surface area contributed by atoms with E-state index in [0.29, 0.717) is 27.6 Å². The topological polar surface area (TPSA) is 102 Å². The second-order valence-corrected chi connectivity index (χ2v) is 5.61. The lowest BCUT2D eigenvalue weighted by Gasteiger charge is -2.02. The van der Waals surface area contributed by atoms with Crippen LogP contribution in [0.2, 0.25) is 5.02 Å². The largest absolute Gasteiger partial charge is 0.294 e. The number of carbonyl (C=O) groups excluding carboxylic acids is 1. The zero-order valence-corrected chi connectivity index (χ0v) is 13.8. The van der Waals surface area contributed by atoms with Gasteiger partial charge in [-0.25, -0.2) is 10.4 Å². The molecule has 0 aliphatic carbocycles. The van der Waals surface area contributed by atoms with Crippen LogP contribution >= 0.6 is 11.6 Å². The summed E-state index contributed by atoms with van der Waals surface area (Å²) < 4.78 is 1.59. The van der Waals surface area contributed by atoms with Gasteiger partial charge in [-0.1, -0.05) is 11.6 Å². The summed E-state index contributed by atoms with van der Waals surface area (Å²) in [6.45, 7) is 1.72. The van der Waals surface area contributed by atoms with Crippen LogP contribution in [0.5, 0.6) is 0 Å². The molecule has 0 atom stereocenters. The summed E-state index contributed by atoms with van der Waals surface area (Å²) in [6.07, 6.45) is 3.00. The first-order chi connectivity index (χ1) is 12.0. The van der Waals surface area contributed by atoms with Gasteiger partial charge < -0.3 is 0 Å². The Morgan fingerprint density at radius 2 is 2.04 bits per heavy atom. The van der Waals surface area contributed by atoms with E-state index in [1.165, 1.54) is 30.5 Å². The number of imidazole rings is 1. The van der Waals surface area contributed by atoms with E-state index in [-0.39, 0.29) is 5.69 Å². The number of nitrogens with one attached hydrogen (secondary N) is 1. The molecule has 0 unspecified atom stereocenters. The van der Waals surface area contributed by atoms with E-state index in [0.717, 1.165) is 0 Å². The number of nitro benzene ring substituents is 1. The van der Waals surface area contributed by atoms with Crippen molar-refractivity contribution < 1.29 is 9.72 Å². The highest BCUT2D eigenvalue weighted by atomic mass is 35.5. The van der Waals surface area contributed by atoms with Gasteiger partial charge in [-0.05, 0) is 36.8 Å². The SMILES string of the molecule is Cc1nc2ccc(Cl)cn2c1C(=O)N/N=C\c1ccc([N+](=O)[O-])cc1. The van der Waals surface area contributed by atoms with Crippen LogP contribution in [-0.4, -0.2) is 26.4 Å². The Morgan fingerprint density at radius 1 is 1.32 bits per heavy atom. The first kappa shape index (κ1) is 16.6. The minimum absolute atomic E-state index is 0.0144. The number of benzene rings is 1.